The molecule has 1 aromatic carbocycles. The zero-order chi connectivity index (χ0) is 15.4. The molecule has 0 bridgehead atoms. The van der Waals surface area contributed by atoms with Crippen molar-refractivity contribution in [1.29, 1.82) is 0 Å². The molecule has 3 N–H and O–H groups in total. The number of nitrogens with one attached hydrogen (secondary N) is 1. The number of rotatable bonds is 5. The maximum absolute atomic E-state index is 13.4. The first-order valence-electron chi connectivity index (χ1n) is 5.26. The van der Waals surface area contributed by atoms with Crippen LogP contribution in [-0.4, -0.2) is 35.7 Å². The number of nitrogens with zero attached hydrogens (tertiary/aromatic N) is 2. The molecule has 0 saturated carbocycles. The summed E-state index contributed by atoms with van der Waals surface area (Å²) in [6, 6.07) is 1.30. The molecule has 0 radical (unpaired) electrons. The number of carbonyl (C=O) groups excluding carboxylic acids is 1. The van der Waals surface area contributed by atoms with Gasteiger partial charge in [-0.1, -0.05) is 0 Å². The summed E-state index contributed by atoms with van der Waals surface area (Å²) in [4.78, 5) is 22.3. The van der Waals surface area contributed by atoms with Gasteiger partial charge < -0.3 is 10.3 Å². The number of halogens is 3. The number of benzene rings is 1. The van der Waals surface area contributed by atoms with Crippen molar-refractivity contribution in [3.63, 3.8) is 0 Å². The lowest BCUT2D eigenvalue weighted by Crippen LogP contribution is -2.32. The van der Waals surface area contributed by atoms with Gasteiger partial charge in [-0.25, -0.2) is 13.2 Å². The van der Waals surface area contributed by atoms with Gasteiger partial charge in [0.05, 0.1) is 23.2 Å². The Hall–Kier alpha value is -2.36. The van der Waals surface area contributed by atoms with Crippen molar-refractivity contribution in [2.45, 2.75) is 6.43 Å². The summed E-state index contributed by atoms with van der Waals surface area (Å²) in [7, 11) is 1.05. The number of nitro benzene ring substituents is 1. The van der Waals surface area contributed by atoms with E-state index in [0.717, 1.165) is 13.1 Å². The van der Waals surface area contributed by atoms with Crippen LogP contribution in [0.2, 0.25) is 0 Å². The average molecular weight is 292 g/mol. The molecule has 0 aromatic heterocycles. The fourth-order valence-electron chi connectivity index (χ4n) is 1.49. The van der Waals surface area contributed by atoms with E-state index in [1.807, 2.05) is 5.43 Å². The number of hydrogen-bond acceptors (Lipinski definition) is 5. The third-order valence-corrected chi connectivity index (χ3v) is 2.43. The average Bonchev–Trinajstić information content (AvgIpc) is 2.36. The predicted octanol–water partition coefficient (Wildman–Crippen LogP) is 1.36. The summed E-state index contributed by atoms with van der Waals surface area (Å²) in [5.74, 6) is 2.93. The molecule has 0 aliphatic rings. The van der Waals surface area contributed by atoms with Crippen molar-refractivity contribution in [1.82, 2.24) is 4.90 Å². The maximum atomic E-state index is 13.4. The van der Waals surface area contributed by atoms with E-state index in [9.17, 15) is 28.1 Å². The zero-order valence-electron chi connectivity index (χ0n) is 10.3. The number of nitrogen functional groups attached to an aromatic ring is 1. The number of hydrazine groups is 1. The molecule has 20 heavy (non-hydrogen) atoms. The van der Waals surface area contributed by atoms with Crippen molar-refractivity contribution in [2.75, 3.05) is 19.0 Å². The van der Waals surface area contributed by atoms with Gasteiger partial charge >= 0.3 is 0 Å². The van der Waals surface area contributed by atoms with E-state index >= 15 is 0 Å². The fourth-order valence-corrected chi connectivity index (χ4v) is 1.49. The van der Waals surface area contributed by atoms with Crippen molar-refractivity contribution < 1.29 is 22.9 Å². The van der Waals surface area contributed by atoms with E-state index in [4.69, 9.17) is 5.84 Å². The van der Waals surface area contributed by atoms with Gasteiger partial charge in [0.25, 0.3) is 18.0 Å². The summed E-state index contributed by atoms with van der Waals surface area (Å²) in [5.41, 5.74) is 0.202. The Bertz CT molecular complexity index is 539. The summed E-state index contributed by atoms with van der Waals surface area (Å²) in [6.07, 6.45) is -2.80. The number of anilines is 1. The minimum absolute atomic E-state index is 0.357. The number of hydrogen-bond donors (Lipinski definition) is 2. The Morgan fingerprint density at radius 1 is 1.55 bits per heavy atom. The SMILES string of the molecule is CN(CC(F)F)C(=O)c1cc(NN)c(F)cc1[N+](=O)[O-]. The largest absolute Gasteiger partial charge is 0.336 e. The second kappa shape index (κ2) is 6.19. The first-order chi connectivity index (χ1) is 9.27. The van der Waals surface area contributed by atoms with Crippen LogP contribution in [-0.2, 0) is 0 Å². The van der Waals surface area contributed by atoms with Gasteiger partial charge in [0.2, 0.25) is 0 Å². The molecular formula is C10H11F3N4O3. The van der Waals surface area contributed by atoms with Crippen LogP contribution in [0.25, 0.3) is 0 Å². The molecule has 0 atom stereocenters. The van der Waals surface area contributed by atoms with Gasteiger partial charge in [0.15, 0.2) is 5.82 Å². The molecule has 0 fully saturated rings. The van der Waals surface area contributed by atoms with Crippen LogP contribution in [0.1, 0.15) is 10.4 Å². The molecule has 0 unspecified atom stereocenters. The Labute approximate surface area is 111 Å². The van der Waals surface area contributed by atoms with Crippen LogP contribution < -0.4 is 11.3 Å². The van der Waals surface area contributed by atoms with E-state index in [1.54, 1.807) is 0 Å². The highest BCUT2D eigenvalue weighted by Crippen LogP contribution is 2.26. The Morgan fingerprint density at radius 2 is 2.15 bits per heavy atom. The molecule has 0 aliphatic heterocycles. The van der Waals surface area contributed by atoms with Crippen molar-refractivity contribution >= 4 is 17.3 Å². The topological polar surface area (TPSA) is 102 Å². The highest BCUT2D eigenvalue weighted by Gasteiger charge is 2.26. The van der Waals surface area contributed by atoms with Gasteiger partial charge in [-0.3, -0.25) is 20.8 Å². The highest BCUT2D eigenvalue weighted by molar-refractivity contribution is 5.99. The predicted molar refractivity (Wildman–Crippen MR) is 63.8 cm³/mol. The molecule has 1 rings (SSSR count). The molecule has 0 saturated heterocycles. The summed E-state index contributed by atoms with van der Waals surface area (Å²) in [5, 5.41) is 10.8. The van der Waals surface area contributed by atoms with Crippen molar-refractivity contribution in [2.24, 2.45) is 5.84 Å². The first kappa shape index (κ1) is 15.7. The quantitative estimate of drug-likeness (QED) is 0.484. The number of amides is 1. The maximum Gasteiger partial charge on any atom is 0.285 e. The first-order valence-corrected chi connectivity index (χ1v) is 5.26. The smallest absolute Gasteiger partial charge is 0.285 e. The fraction of sp³-hybridized carbons (Fsp3) is 0.300. The van der Waals surface area contributed by atoms with Gasteiger partial charge in [0, 0.05) is 7.05 Å². The van der Waals surface area contributed by atoms with Crippen LogP contribution in [0.5, 0.6) is 0 Å². The Balaban J connectivity index is 3.27. The third-order valence-electron chi connectivity index (χ3n) is 2.43. The van der Waals surface area contributed by atoms with Crippen LogP contribution in [0.15, 0.2) is 12.1 Å². The molecule has 0 heterocycles. The lowest BCUT2D eigenvalue weighted by atomic mass is 10.1. The van der Waals surface area contributed by atoms with E-state index in [0.29, 0.717) is 11.0 Å². The van der Waals surface area contributed by atoms with Gasteiger partial charge in [-0.15, -0.1) is 0 Å². The van der Waals surface area contributed by atoms with Crippen molar-refractivity contribution in [3.05, 3.63) is 33.6 Å². The number of nitro groups is 1. The van der Waals surface area contributed by atoms with Crippen LogP contribution in [0.3, 0.4) is 0 Å². The third kappa shape index (κ3) is 3.35. The minimum atomic E-state index is -2.80. The molecule has 0 aliphatic carbocycles. The van der Waals surface area contributed by atoms with Crippen LogP contribution in [0, 0.1) is 15.9 Å². The Morgan fingerprint density at radius 3 is 2.60 bits per heavy atom. The second-order valence-corrected chi connectivity index (χ2v) is 3.83. The normalized spacial score (nSPS) is 10.5. The van der Waals surface area contributed by atoms with Gasteiger partial charge in [-0.2, -0.15) is 0 Å². The molecule has 110 valence electrons. The molecular weight excluding hydrogens is 281 g/mol. The summed E-state index contributed by atoms with van der Waals surface area (Å²) < 4.78 is 37.8. The molecule has 0 spiro atoms. The molecule has 10 heteroatoms. The van der Waals surface area contributed by atoms with E-state index in [1.165, 1.54) is 0 Å². The van der Waals surface area contributed by atoms with E-state index in [2.05, 4.69) is 0 Å². The highest BCUT2D eigenvalue weighted by atomic mass is 19.3. The van der Waals surface area contributed by atoms with E-state index < -0.39 is 40.9 Å². The molecule has 7 nitrogen and oxygen atoms in total. The van der Waals surface area contributed by atoms with Crippen molar-refractivity contribution in [3.8, 4) is 0 Å². The number of carbonyl (C=O) groups is 1. The number of alkyl halides is 2. The minimum Gasteiger partial charge on any atom is -0.336 e. The summed E-state index contributed by atoms with van der Waals surface area (Å²) >= 11 is 0. The standard InChI is InChI=1S/C10H11F3N4O3/c1-16(4-9(12)13)10(18)5-2-7(15-14)6(11)3-8(5)17(19)20/h2-3,9,15H,4,14H2,1H3. The lowest BCUT2D eigenvalue weighted by Gasteiger charge is -2.17. The summed E-state index contributed by atoms with van der Waals surface area (Å²) in [6.45, 7) is -0.904. The van der Waals surface area contributed by atoms with Crippen LogP contribution in [0.4, 0.5) is 24.5 Å². The number of nitrogens with two attached hydrogens (primary N) is 1. The van der Waals surface area contributed by atoms with Gasteiger partial charge in [0.1, 0.15) is 5.56 Å². The lowest BCUT2D eigenvalue weighted by molar-refractivity contribution is -0.385. The van der Waals surface area contributed by atoms with Crippen LogP contribution >= 0.6 is 0 Å². The monoisotopic (exact) mass is 292 g/mol. The second-order valence-electron chi connectivity index (χ2n) is 3.83. The van der Waals surface area contributed by atoms with Gasteiger partial charge in [-0.05, 0) is 6.07 Å². The molecule has 1 amide bonds. The molecule has 1 aromatic rings. The van der Waals surface area contributed by atoms with E-state index in [-0.39, 0.29) is 5.69 Å². The Kier molecular flexibility index (Phi) is 4.86. The zero-order valence-corrected chi connectivity index (χ0v) is 10.3.